The highest BCUT2D eigenvalue weighted by molar-refractivity contribution is 4.99. The van der Waals surface area contributed by atoms with Crippen molar-refractivity contribution in [3.8, 4) is 0 Å². The van der Waals surface area contributed by atoms with Crippen LogP contribution in [0.15, 0.2) is 0 Å². The molecule has 2 rings (SSSR count). The van der Waals surface area contributed by atoms with Gasteiger partial charge in [-0.25, -0.2) is 0 Å². The van der Waals surface area contributed by atoms with E-state index in [0.29, 0.717) is 12.5 Å². The Balaban J connectivity index is 2.05. The number of rotatable bonds is 3. The van der Waals surface area contributed by atoms with Crippen LogP contribution in [0.5, 0.6) is 0 Å². The summed E-state index contributed by atoms with van der Waals surface area (Å²) in [5.74, 6) is 0.653. The summed E-state index contributed by atoms with van der Waals surface area (Å²) >= 11 is 0. The Morgan fingerprint density at radius 2 is 2.00 bits per heavy atom. The van der Waals surface area contributed by atoms with E-state index < -0.39 is 0 Å². The molecule has 76 valence electrons. The maximum atomic E-state index is 9.88. The van der Waals surface area contributed by atoms with Gasteiger partial charge < -0.3 is 15.6 Å². The fourth-order valence-electron chi connectivity index (χ4n) is 2.77. The molecule has 1 aliphatic heterocycles. The van der Waals surface area contributed by atoms with Crippen molar-refractivity contribution in [2.24, 2.45) is 17.1 Å². The molecule has 1 atom stereocenters. The van der Waals surface area contributed by atoms with E-state index in [0.717, 1.165) is 13.2 Å². The Morgan fingerprint density at radius 1 is 1.38 bits per heavy atom. The van der Waals surface area contributed by atoms with E-state index in [1.54, 1.807) is 0 Å². The number of hydrogen-bond donors (Lipinski definition) is 2. The van der Waals surface area contributed by atoms with Gasteiger partial charge in [-0.2, -0.15) is 0 Å². The van der Waals surface area contributed by atoms with E-state index in [1.807, 2.05) is 0 Å². The molecule has 0 amide bonds. The van der Waals surface area contributed by atoms with Crippen molar-refractivity contribution in [3.63, 3.8) is 0 Å². The molecule has 1 heterocycles. The maximum Gasteiger partial charge on any atom is 0.0765 e. The van der Waals surface area contributed by atoms with Gasteiger partial charge in [0.2, 0.25) is 0 Å². The van der Waals surface area contributed by atoms with Crippen LogP contribution in [-0.4, -0.2) is 31.0 Å². The average molecular weight is 185 g/mol. The Hall–Kier alpha value is -0.120. The van der Waals surface area contributed by atoms with Gasteiger partial charge in [-0.3, -0.25) is 0 Å². The smallest absolute Gasteiger partial charge is 0.0765 e. The second-order valence-corrected chi connectivity index (χ2v) is 4.46. The summed E-state index contributed by atoms with van der Waals surface area (Å²) < 4.78 is 5.26. The SMILES string of the molecule is NCC(O)C1(C2CCCC2)COC1. The Bertz CT molecular complexity index is 174. The molecule has 2 aliphatic rings. The van der Waals surface area contributed by atoms with Crippen molar-refractivity contribution in [1.29, 1.82) is 0 Å². The second-order valence-electron chi connectivity index (χ2n) is 4.46. The van der Waals surface area contributed by atoms with Crippen LogP contribution in [0.1, 0.15) is 25.7 Å². The van der Waals surface area contributed by atoms with Crippen LogP contribution < -0.4 is 5.73 Å². The number of aliphatic hydroxyl groups is 1. The van der Waals surface area contributed by atoms with Crippen LogP contribution in [0.2, 0.25) is 0 Å². The van der Waals surface area contributed by atoms with E-state index >= 15 is 0 Å². The molecule has 1 unspecified atom stereocenters. The van der Waals surface area contributed by atoms with E-state index in [4.69, 9.17) is 10.5 Å². The summed E-state index contributed by atoms with van der Waals surface area (Å²) in [6, 6.07) is 0. The highest BCUT2D eigenvalue weighted by Gasteiger charge is 2.50. The first kappa shape index (κ1) is 9.44. The van der Waals surface area contributed by atoms with Gasteiger partial charge in [-0.15, -0.1) is 0 Å². The average Bonchev–Trinajstić information content (AvgIpc) is 2.55. The van der Waals surface area contributed by atoms with Gasteiger partial charge in [-0.1, -0.05) is 12.8 Å². The lowest BCUT2D eigenvalue weighted by molar-refractivity contribution is -0.197. The molecule has 3 heteroatoms. The molecule has 1 saturated heterocycles. The number of ether oxygens (including phenoxy) is 1. The quantitative estimate of drug-likeness (QED) is 0.673. The lowest BCUT2D eigenvalue weighted by Crippen LogP contribution is -2.57. The van der Waals surface area contributed by atoms with Crippen molar-refractivity contribution < 1.29 is 9.84 Å². The van der Waals surface area contributed by atoms with Crippen molar-refractivity contribution in [2.75, 3.05) is 19.8 Å². The van der Waals surface area contributed by atoms with E-state index in [2.05, 4.69) is 0 Å². The van der Waals surface area contributed by atoms with Crippen molar-refractivity contribution >= 4 is 0 Å². The Kier molecular flexibility index (Phi) is 2.58. The number of hydrogen-bond acceptors (Lipinski definition) is 3. The minimum absolute atomic E-state index is 0.0191. The minimum Gasteiger partial charge on any atom is -0.391 e. The van der Waals surface area contributed by atoms with Crippen LogP contribution in [0.3, 0.4) is 0 Å². The minimum atomic E-state index is -0.357. The molecule has 0 aromatic carbocycles. The molecule has 0 aromatic rings. The lowest BCUT2D eigenvalue weighted by atomic mass is 9.68. The topological polar surface area (TPSA) is 55.5 Å². The highest BCUT2D eigenvalue weighted by Crippen LogP contribution is 2.46. The van der Waals surface area contributed by atoms with E-state index in [9.17, 15) is 5.11 Å². The summed E-state index contributed by atoms with van der Waals surface area (Å²) in [5, 5.41) is 9.88. The molecule has 1 saturated carbocycles. The molecule has 1 aliphatic carbocycles. The summed E-state index contributed by atoms with van der Waals surface area (Å²) in [5.41, 5.74) is 5.55. The summed E-state index contributed by atoms with van der Waals surface area (Å²) in [4.78, 5) is 0. The van der Waals surface area contributed by atoms with Crippen LogP contribution in [-0.2, 0) is 4.74 Å². The first-order chi connectivity index (χ1) is 6.29. The predicted molar refractivity (Wildman–Crippen MR) is 50.3 cm³/mol. The second kappa shape index (κ2) is 3.56. The first-order valence-corrected chi connectivity index (χ1v) is 5.25. The third-order valence-corrected chi connectivity index (χ3v) is 3.80. The first-order valence-electron chi connectivity index (χ1n) is 5.25. The van der Waals surface area contributed by atoms with Crippen LogP contribution in [0.25, 0.3) is 0 Å². The lowest BCUT2D eigenvalue weighted by Gasteiger charge is -2.49. The molecule has 0 bridgehead atoms. The molecule has 2 fully saturated rings. The van der Waals surface area contributed by atoms with Crippen molar-refractivity contribution in [3.05, 3.63) is 0 Å². The van der Waals surface area contributed by atoms with Crippen LogP contribution in [0, 0.1) is 11.3 Å². The zero-order chi connectivity index (χ0) is 9.31. The third-order valence-electron chi connectivity index (χ3n) is 3.80. The fraction of sp³-hybridized carbons (Fsp3) is 1.00. The number of nitrogens with two attached hydrogens (primary N) is 1. The zero-order valence-electron chi connectivity index (χ0n) is 8.04. The van der Waals surface area contributed by atoms with Gasteiger partial charge >= 0.3 is 0 Å². The van der Waals surface area contributed by atoms with Gasteiger partial charge in [-0.05, 0) is 18.8 Å². The van der Waals surface area contributed by atoms with Gasteiger partial charge in [0.15, 0.2) is 0 Å². The third kappa shape index (κ3) is 1.39. The fourth-order valence-corrected chi connectivity index (χ4v) is 2.77. The largest absolute Gasteiger partial charge is 0.391 e. The molecule has 13 heavy (non-hydrogen) atoms. The molecule has 3 nitrogen and oxygen atoms in total. The van der Waals surface area contributed by atoms with E-state index in [-0.39, 0.29) is 11.5 Å². The molecular formula is C10H19NO2. The Labute approximate surface area is 79.3 Å². The zero-order valence-corrected chi connectivity index (χ0v) is 8.04. The predicted octanol–water partition coefficient (Wildman–Crippen LogP) is 0.513. The molecule has 0 radical (unpaired) electrons. The number of aliphatic hydroxyl groups excluding tert-OH is 1. The maximum absolute atomic E-state index is 9.88. The Morgan fingerprint density at radius 3 is 2.38 bits per heavy atom. The van der Waals surface area contributed by atoms with E-state index in [1.165, 1.54) is 25.7 Å². The van der Waals surface area contributed by atoms with Crippen molar-refractivity contribution in [1.82, 2.24) is 0 Å². The summed E-state index contributed by atoms with van der Waals surface area (Å²) in [6.45, 7) is 1.81. The normalized spacial score (nSPS) is 30.0. The molecular weight excluding hydrogens is 166 g/mol. The standard InChI is InChI=1S/C10H19NO2/c11-5-9(12)10(6-13-7-10)8-3-1-2-4-8/h8-9,12H,1-7,11H2. The van der Waals surface area contributed by atoms with Gasteiger partial charge in [0.1, 0.15) is 0 Å². The summed E-state index contributed by atoms with van der Waals surface area (Å²) in [7, 11) is 0. The van der Waals surface area contributed by atoms with Crippen LogP contribution in [0.4, 0.5) is 0 Å². The molecule has 0 spiro atoms. The van der Waals surface area contributed by atoms with Gasteiger partial charge in [0, 0.05) is 12.0 Å². The van der Waals surface area contributed by atoms with Crippen molar-refractivity contribution in [2.45, 2.75) is 31.8 Å². The van der Waals surface area contributed by atoms with Gasteiger partial charge in [0.25, 0.3) is 0 Å². The highest BCUT2D eigenvalue weighted by atomic mass is 16.5. The summed E-state index contributed by atoms with van der Waals surface area (Å²) in [6.07, 6.45) is 4.76. The monoisotopic (exact) mass is 185 g/mol. The molecule has 3 N–H and O–H groups in total. The van der Waals surface area contributed by atoms with Crippen LogP contribution >= 0.6 is 0 Å². The van der Waals surface area contributed by atoms with Gasteiger partial charge in [0.05, 0.1) is 19.3 Å². The molecule has 0 aromatic heterocycles.